The van der Waals surface area contributed by atoms with Gasteiger partial charge in [0.2, 0.25) is 5.91 Å². The number of carbonyl (C=O) groups excluding carboxylic acids is 1. The fraction of sp³-hybridized carbons (Fsp3) is 0.938. The standard InChI is InChI=1S/C16H34N4O/c1-5-14(2)20-12-10-19(11-13-20)9-7-6-8-16(3,18-4)15(17)21/h14,18H,5-13H2,1-4H3,(H2,17,21). The number of piperazine rings is 1. The average Bonchev–Trinajstić information content (AvgIpc) is 2.50. The smallest absolute Gasteiger partial charge is 0.237 e. The van der Waals surface area contributed by atoms with E-state index in [1.54, 1.807) is 7.05 Å². The predicted molar refractivity (Wildman–Crippen MR) is 88.3 cm³/mol. The summed E-state index contributed by atoms with van der Waals surface area (Å²) in [7, 11) is 1.80. The topological polar surface area (TPSA) is 61.6 Å². The molecule has 5 heteroatoms. The maximum Gasteiger partial charge on any atom is 0.237 e. The molecule has 0 aliphatic carbocycles. The van der Waals surface area contributed by atoms with Crippen molar-refractivity contribution in [1.29, 1.82) is 0 Å². The Balaban J connectivity index is 2.19. The van der Waals surface area contributed by atoms with E-state index in [0.717, 1.165) is 25.8 Å². The number of nitrogens with two attached hydrogens (primary N) is 1. The van der Waals surface area contributed by atoms with Crippen LogP contribution in [-0.4, -0.2) is 67.1 Å². The van der Waals surface area contributed by atoms with Crippen molar-refractivity contribution in [3.63, 3.8) is 0 Å². The molecule has 2 unspecified atom stereocenters. The van der Waals surface area contributed by atoms with Crippen molar-refractivity contribution < 1.29 is 4.79 Å². The zero-order chi connectivity index (χ0) is 15.9. The normalized spacial score (nSPS) is 21.9. The van der Waals surface area contributed by atoms with Crippen LogP contribution >= 0.6 is 0 Å². The summed E-state index contributed by atoms with van der Waals surface area (Å²) in [6.45, 7) is 12.3. The van der Waals surface area contributed by atoms with Gasteiger partial charge in [-0.25, -0.2) is 0 Å². The van der Waals surface area contributed by atoms with Gasteiger partial charge in [0.1, 0.15) is 0 Å². The number of nitrogens with one attached hydrogen (secondary N) is 1. The molecule has 3 N–H and O–H groups in total. The number of primary amides is 1. The molecule has 2 atom stereocenters. The van der Waals surface area contributed by atoms with Crippen LogP contribution < -0.4 is 11.1 Å². The average molecular weight is 298 g/mol. The highest BCUT2D eigenvalue weighted by Gasteiger charge is 2.28. The van der Waals surface area contributed by atoms with Crippen LogP contribution in [0.15, 0.2) is 0 Å². The van der Waals surface area contributed by atoms with E-state index in [9.17, 15) is 4.79 Å². The van der Waals surface area contributed by atoms with Crippen LogP contribution in [0.3, 0.4) is 0 Å². The molecule has 0 spiro atoms. The highest BCUT2D eigenvalue weighted by molar-refractivity contribution is 5.84. The molecule has 1 aliphatic heterocycles. The van der Waals surface area contributed by atoms with Crippen LogP contribution in [0, 0.1) is 0 Å². The summed E-state index contributed by atoms with van der Waals surface area (Å²) in [6.07, 6.45) is 4.21. The Bertz CT molecular complexity index is 315. The molecule has 0 bridgehead atoms. The van der Waals surface area contributed by atoms with Gasteiger partial charge in [-0.05, 0) is 53.1 Å². The maximum atomic E-state index is 11.4. The van der Waals surface area contributed by atoms with E-state index in [2.05, 4.69) is 29.0 Å². The third-order valence-corrected chi connectivity index (χ3v) is 5.12. The number of hydrogen-bond acceptors (Lipinski definition) is 4. The fourth-order valence-corrected chi connectivity index (χ4v) is 2.87. The van der Waals surface area contributed by atoms with Crippen molar-refractivity contribution >= 4 is 5.91 Å². The molecule has 1 aliphatic rings. The monoisotopic (exact) mass is 298 g/mol. The third kappa shape index (κ3) is 5.57. The molecule has 5 nitrogen and oxygen atoms in total. The second-order valence-electron chi connectivity index (χ2n) is 6.54. The maximum absolute atomic E-state index is 11.4. The first-order valence-corrected chi connectivity index (χ1v) is 8.38. The molecule has 1 rings (SSSR count). The molecule has 1 saturated heterocycles. The third-order valence-electron chi connectivity index (χ3n) is 5.12. The molecule has 0 radical (unpaired) electrons. The fourth-order valence-electron chi connectivity index (χ4n) is 2.87. The van der Waals surface area contributed by atoms with E-state index in [1.165, 1.54) is 32.6 Å². The summed E-state index contributed by atoms with van der Waals surface area (Å²) in [5, 5.41) is 3.05. The van der Waals surface area contributed by atoms with Gasteiger partial charge in [0.15, 0.2) is 0 Å². The number of amides is 1. The molecule has 1 fully saturated rings. The minimum atomic E-state index is -0.560. The summed E-state index contributed by atoms with van der Waals surface area (Å²) >= 11 is 0. The lowest BCUT2D eigenvalue weighted by Gasteiger charge is -2.38. The molecular weight excluding hydrogens is 264 g/mol. The molecule has 21 heavy (non-hydrogen) atoms. The SMILES string of the molecule is CCC(C)N1CCN(CCCCC(C)(NC)C(N)=O)CC1. The lowest BCUT2D eigenvalue weighted by molar-refractivity contribution is -0.123. The van der Waals surface area contributed by atoms with Crippen molar-refractivity contribution in [1.82, 2.24) is 15.1 Å². The highest BCUT2D eigenvalue weighted by atomic mass is 16.1. The summed E-state index contributed by atoms with van der Waals surface area (Å²) in [5.74, 6) is -0.257. The number of unbranched alkanes of at least 4 members (excludes halogenated alkanes) is 1. The Hall–Kier alpha value is -0.650. The zero-order valence-electron chi connectivity index (χ0n) is 14.3. The van der Waals surface area contributed by atoms with E-state index < -0.39 is 5.54 Å². The highest BCUT2D eigenvalue weighted by Crippen LogP contribution is 2.14. The number of hydrogen-bond donors (Lipinski definition) is 2. The summed E-state index contributed by atoms with van der Waals surface area (Å²) in [5.41, 5.74) is 4.89. The van der Waals surface area contributed by atoms with Gasteiger partial charge in [0, 0.05) is 32.2 Å². The predicted octanol–water partition coefficient (Wildman–Crippen LogP) is 1.04. The van der Waals surface area contributed by atoms with Crippen molar-refractivity contribution in [2.75, 3.05) is 39.8 Å². The lowest BCUT2D eigenvalue weighted by Crippen LogP contribution is -2.51. The van der Waals surface area contributed by atoms with Crippen LogP contribution in [0.25, 0.3) is 0 Å². The number of rotatable bonds is 9. The van der Waals surface area contributed by atoms with Crippen molar-refractivity contribution in [2.24, 2.45) is 5.73 Å². The zero-order valence-corrected chi connectivity index (χ0v) is 14.3. The van der Waals surface area contributed by atoms with Gasteiger partial charge in [-0.2, -0.15) is 0 Å². The minimum Gasteiger partial charge on any atom is -0.368 e. The molecule has 1 heterocycles. The van der Waals surface area contributed by atoms with Crippen molar-refractivity contribution in [3.8, 4) is 0 Å². The Kier molecular flexibility index (Phi) is 7.63. The Labute approximate surface area is 130 Å². The minimum absolute atomic E-state index is 0.257. The second kappa shape index (κ2) is 8.71. The molecule has 0 saturated carbocycles. The first-order chi connectivity index (χ1) is 9.92. The van der Waals surface area contributed by atoms with Gasteiger partial charge in [-0.15, -0.1) is 0 Å². The second-order valence-corrected chi connectivity index (χ2v) is 6.54. The van der Waals surface area contributed by atoms with Gasteiger partial charge in [0.05, 0.1) is 5.54 Å². The summed E-state index contributed by atoms with van der Waals surface area (Å²) in [4.78, 5) is 16.5. The quantitative estimate of drug-likeness (QED) is 0.624. The summed E-state index contributed by atoms with van der Waals surface area (Å²) in [6, 6.07) is 0.707. The summed E-state index contributed by atoms with van der Waals surface area (Å²) < 4.78 is 0. The van der Waals surface area contributed by atoms with Gasteiger partial charge in [-0.3, -0.25) is 9.69 Å². The number of nitrogens with zero attached hydrogens (tertiary/aromatic N) is 2. The molecule has 1 amide bonds. The van der Waals surface area contributed by atoms with Crippen molar-refractivity contribution in [3.05, 3.63) is 0 Å². The first kappa shape index (κ1) is 18.4. The Morgan fingerprint density at radius 3 is 2.38 bits per heavy atom. The largest absolute Gasteiger partial charge is 0.368 e. The van der Waals surface area contributed by atoms with Crippen LogP contribution in [0.5, 0.6) is 0 Å². The van der Waals surface area contributed by atoms with E-state index >= 15 is 0 Å². The van der Waals surface area contributed by atoms with Crippen LogP contribution in [0.2, 0.25) is 0 Å². The van der Waals surface area contributed by atoms with Gasteiger partial charge >= 0.3 is 0 Å². The van der Waals surface area contributed by atoms with E-state index in [4.69, 9.17) is 5.73 Å². The van der Waals surface area contributed by atoms with E-state index in [-0.39, 0.29) is 5.91 Å². The van der Waals surface area contributed by atoms with Crippen LogP contribution in [0.1, 0.15) is 46.5 Å². The lowest BCUT2D eigenvalue weighted by atomic mass is 9.94. The van der Waals surface area contributed by atoms with E-state index in [1.807, 2.05) is 6.92 Å². The number of likely N-dealkylation sites (N-methyl/N-ethyl adjacent to an activating group) is 1. The molecule has 0 aromatic heterocycles. The number of carbonyl (C=O) groups is 1. The van der Waals surface area contributed by atoms with E-state index in [0.29, 0.717) is 6.04 Å². The Morgan fingerprint density at radius 2 is 1.90 bits per heavy atom. The van der Waals surface area contributed by atoms with Gasteiger partial charge < -0.3 is 16.0 Å². The van der Waals surface area contributed by atoms with Crippen molar-refractivity contribution in [2.45, 2.75) is 58.0 Å². The first-order valence-electron chi connectivity index (χ1n) is 8.38. The van der Waals surface area contributed by atoms with Crippen LogP contribution in [-0.2, 0) is 4.79 Å². The molecule has 0 aromatic carbocycles. The molecular formula is C16H34N4O. The molecule has 0 aromatic rings. The molecule has 124 valence electrons. The Morgan fingerprint density at radius 1 is 1.29 bits per heavy atom. The van der Waals surface area contributed by atoms with Crippen LogP contribution in [0.4, 0.5) is 0 Å². The van der Waals surface area contributed by atoms with Gasteiger partial charge in [-0.1, -0.05) is 6.92 Å². The van der Waals surface area contributed by atoms with Gasteiger partial charge in [0.25, 0.3) is 0 Å².